The molecule has 1 saturated heterocycles. The Morgan fingerprint density at radius 3 is 2.42 bits per heavy atom. The highest BCUT2D eigenvalue weighted by Gasteiger charge is 2.43. The molecule has 0 aromatic heterocycles. The lowest BCUT2D eigenvalue weighted by atomic mass is 9.83. The maximum Gasteiger partial charge on any atom is 0.343 e. The molecule has 1 aromatic carbocycles. The van der Waals surface area contributed by atoms with Gasteiger partial charge in [-0.25, -0.2) is 4.79 Å². The number of fused-ring (bicyclic) bond motifs is 2. The molecule has 3 aliphatic heterocycles. The van der Waals surface area contributed by atoms with Crippen molar-refractivity contribution < 1.29 is 31.9 Å². The summed E-state index contributed by atoms with van der Waals surface area (Å²) < 4.78 is 5.54. The summed E-state index contributed by atoms with van der Waals surface area (Å²) in [6.07, 6.45) is 4.56. The fourth-order valence-electron chi connectivity index (χ4n) is 3.68. The Balaban J connectivity index is 0.00000208. The highest BCUT2D eigenvalue weighted by atomic mass is 35.5. The molecular formula is C19H26ClNO3. The first-order chi connectivity index (χ1) is 11.0. The lowest BCUT2D eigenvalue weighted by Crippen LogP contribution is -3.10. The van der Waals surface area contributed by atoms with Crippen molar-refractivity contribution >= 4 is 5.97 Å². The largest absolute Gasteiger partial charge is 1.00 e. The van der Waals surface area contributed by atoms with Gasteiger partial charge in [0.25, 0.3) is 0 Å². The molecule has 0 spiro atoms. The third kappa shape index (κ3) is 3.51. The topological polar surface area (TPSA) is 51.0 Å². The molecule has 4 rings (SSSR count). The van der Waals surface area contributed by atoms with Gasteiger partial charge >= 0.3 is 5.97 Å². The zero-order valence-electron chi connectivity index (χ0n) is 14.3. The van der Waals surface area contributed by atoms with Crippen molar-refractivity contribution in [3.8, 4) is 0 Å². The molecule has 1 atom stereocenters. The van der Waals surface area contributed by atoms with Gasteiger partial charge in [0.15, 0.2) is 5.60 Å². The Morgan fingerprint density at radius 1 is 1.29 bits per heavy atom. The van der Waals surface area contributed by atoms with Crippen LogP contribution in [0.15, 0.2) is 42.1 Å². The molecule has 0 amide bonds. The SMILES string of the molecule is CC(C)C(O)(C(=O)OCC1=C[NH+]2CCC1CC2)c1ccccc1.[Cl-]. The first kappa shape index (κ1) is 19.0. The number of benzene rings is 1. The molecule has 0 saturated carbocycles. The van der Waals surface area contributed by atoms with Gasteiger partial charge in [0, 0.05) is 18.4 Å². The minimum Gasteiger partial charge on any atom is -1.00 e. The summed E-state index contributed by atoms with van der Waals surface area (Å²) in [5.41, 5.74) is 0.210. The maximum atomic E-state index is 12.6. The van der Waals surface area contributed by atoms with Crippen molar-refractivity contribution in [1.29, 1.82) is 0 Å². The predicted molar refractivity (Wildman–Crippen MR) is 87.6 cm³/mol. The van der Waals surface area contributed by atoms with Crippen LogP contribution in [0, 0.1) is 11.8 Å². The quantitative estimate of drug-likeness (QED) is 0.620. The van der Waals surface area contributed by atoms with Crippen LogP contribution in [-0.2, 0) is 15.1 Å². The molecule has 4 nitrogen and oxygen atoms in total. The van der Waals surface area contributed by atoms with Crippen LogP contribution in [0.3, 0.4) is 0 Å². The summed E-state index contributed by atoms with van der Waals surface area (Å²) in [4.78, 5) is 14.1. The second-order valence-electron chi connectivity index (χ2n) is 7.02. The van der Waals surface area contributed by atoms with Crippen LogP contribution in [0.1, 0.15) is 32.3 Å². The molecule has 132 valence electrons. The van der Waals surface area contributed by atoms with Crippen LogP contribution in [0.2, 0.25) is 0 Å². The molecule has 3 aliphatic rings. The molecular weight excluding hydrogens is 326 g/mol. The van der Waals surface area contributed by atoms with Crippen LogP contribution >= 0.6 is 0 Å². The predicted octanol–water partition coefficient (Wildman–Crippen LogP) is -1.73. The molecule has 24 heavy (non-hydrogen) atoms. The summed E-state index contributed by atoms with van der Waals surface area (Å²) in [7, 11) is 0. The Morgan fingerprint density at radius 2 is 1.92 bits per heavy atom. The smallest absolute Gasteiger partial charge is 0.343 e. The standard InChI is InChI=1S/C19H25NO3.ClH/c1-14(2)19(22,17-6-4-3-5-7-17)18(21)23-13-16-12-20-10-8-15(16)9-11-20;/h3-7,12,14-15,22H,8-11,13H2,1-2H3;1H. The number of ether oxygens (including phenoxy) is 1. The first-order valence-electron chi connectivity index (χ1n) is 8.52. The highest BCUT2D eigenvalue weighted by Crippen LogP contribution is 2.32. The van der Waals surface area contributed by atoms with Crippen molar-refractivity contribution in [1.82, 2.24) is 0 Å². The maximum absolute atomic E-state index is 12.6. The number of quaternary nitrogens is 1. The van der Waals surface area contributed by atoms with E-state index in [-0.39, 0.29) is 18.3 Å². The van der Waals surface area contributed by atoms with Crippen LogP contribution in [0.5, 0.6) is 0 Å². The van der Waals surface area contributed by atoms with Crippen molar-refractivity contribution in [2.24, 2.45) is 11.8 Å². The molecule has 5 heteroatoms. The van der Waals surface area contributed by atoms with E-state index in [1.54, 1.807) is 12.1 Å². The van der Waals surface area contributed by atoms with Crippen molar-refractivity contribution in [2.45, 2.75) is 32.3 Å². The molecule has 0 aliphatic carbocycles. The number of nitrogens with one attached hydrogen (secondary N) is 1. The summed E-state index contributed by atoms with van der Waals surface area (Å²) in [5, 5.41) is 11.0. The monoisotopic (exact) mass is 351 g/mol. The van der Waals surface area contributed by atoms with Gasteiger partial charge in [-0.2, -0.15) is 0 Å². The number of halogens is 1. The molecule has 2 bridgehead atoms. The summed E-state index contributed by atoms with van der Waals surface area (Å²) in [6.45, 7) is 6.34. The van der Waals surface area contributed by atoms with E-state index in [0.29, 0.717) is 18.1 Å². The Kier molecular flexibility index (Phi) is 6.07. The Bertz CT molecular complexity index is 594. The van der Waals surface area contributed by atoms with Gasteiger partial charge in [0.2, 0.25) is 0 Å². The van der Waals surface area contributed by atoms with Crippen molar-refractivity contribution in [2.75, 3.05) is 19.7 Å². The second-order valence-corrected chi connectivity index (χ2v) is 7.02. The van der Waals surface area contributed by atoms with Gasteiger partial charge in [-0.15, -0.1) is 0 Å². The van der Waals surface area contributed by atoms with Gasteiger partial charge < -0.3 is 27.2 Å². The lowest BCUT2D eigenvalue weighted by Gasteiger charge is -2.35. The molecule has 1 unspecified atom stereocenters. The van der Waals surface area contributed by atoms with E-state index in [2.05, 4.69) is 6.20 Å². The molecule has 1 fully saturated rings. The van der Waals surface area contributed by atoms with Crippen molar-refractivity contribution in [3.05, 3.63) is 47.7 Å². The highest BCUT2D eigenvalue weighted by molar-refractivity contribution is 5.81. The number of carbonyl (C=O) groups excluding carboxylic acids is 1. The van der Waals surface area contributed by atoms with Crippen LogP contribution in [0.4, 0.5) is 0 Å². The second kappa shape index (κ2) is 7.68. The van der Waals surface area contributed by atoms with Gasteiger partial charge in [-0.1, -0.05) is 44.2 Å². The van der Waals surface area contributed by atoms with Crippen LogP contribution in [0.25, 0.3) is 0 Å². The Labute approximate surface area is 149 Å². The zero-order valence-corrected chi connectivity index (χ0v) is 15.1. The van der Waals surface area contributed by atoms with E-state index in [0.717, 1.165) is 0 Å². The van der Waals surface area contributed by atoms with Gasteiger partial charge in [-0.05, 0) is 17.4 Å². The van der Waals surface area contributed by atoms with E-state index in [4.69, 9.17) is 4.74 Å². The fourth-order valence-corrected chi connectivity index (χ4v) is 3.68. The number of piperidine rings is 1. The molecule has 2 N–H and O–H groups in total. The average Bonchev–Trinajstić information content (AvgIpc) is 2.60. The van der Waals surface area contributed by atoms with Gasteiger partial charge in [0.1, 0.15) is 6.61 Å². The van der Waals surface area contributed by atoms with E-state index < -0.39 is 11.6 Å². The van der Waals surface area contributed by atoms with Gasteiger partial charge in [0.05, 0.1) is 19.3 Å². The van der Waals surface area contributed by atoms with Crippen molar-refractivity contribution in [3.63, 3.8) is 0 Å². The third-order valence-corrected chi connectivity index (χ3v) is 5.27. The van der Waals surface area contributed by atoms with E-state index in [1.807, 2.05) is 32.0 Å². The van der Waals surface area contributed by atoms with Crippen LogP contribution in [-0.4, -0.2) is 30.8 Å². The number of aliphatic hydroxyl groups is 1. The van der Waals surface area contributed by atoms with E-state index >= 15 is 0 Å². The number of hydrogen-bond acceptors (Lipinski definition) is 3. The average molecular weight is 352 g/mol. The normalized spacial score (nSPS) is 24.8. The molecule has 3 heterocycles. The minimum atomic E-state index is -1.59. The summed E-state index contributed by atoms with van der Waals surface area (Å²) in [6, 6.07) is 9.08. The number of carbonyl (C=O) groups is 1. The fraction of sp³-hybridized carbons (Fsp3) is 0.526. The zero-order chi connectivity index (χ0) is 16.4. The molecule has 0 radical (unpaired) electrons. The summed E-state index contributed by atoms with van der Waals surface area (Å²) >= 11 is 0. The summed E-state index contributed by atoms with van der Waals surface area (Å²) in [5.74, 6) is -0.265. The third-order valence-electron chi connectivity index (χ3n) is 5.27. The number of esters is 1. The molecule has 1 aromatic rings. The van der Waals surface area contributed by atoms with E-state index in [1.165, 1.54) is 36.4 Å². The minimum absolute atomic E-state index is 0. The Hall–Kier alpha value is -1.36. The van der Waals surface area contributed by atoms with Crippen LogP contribution < -0.4 is 17.3 Å². The lowest BCUT2D eigenvalue weighted by molar-refractivity contribution is -0.859. The van der Waals surface area contributed by atoms with E-state index in [9.17, 15) is 9.90 Å². The van der Waals surface area contributed by atoms with Gasteiger partial charge in [-0.3, -0.25) is 0 Å². The number of rotatable bonds is 5. The first-order valence-corrected chi connectivity index (χ1v) is 8.52. The number of hydrogen-bond donors (Lipinski definition) is 2.